The van der Waals surface area contributed by atoms with E-state index in [1.54, 1.807) is 28.4 Å². The number of aryl methyl sites for hydroxylation is 2. The van der Waals surface area contributed by atoms with Gasteiger partial charge in [0.2, 0.25) is 0 Å². The van der Waals surface area contributed by atoms with E-state index < -0.39 is 21.4 Å². The molecule has 0 saturated carbocycles. The summed E-state index contributed by atoms with van der Waals surface area (Å²) in [5.74, 6) is 2.65. The molecule has 0 spiro atoms. The summed E-state index contributed by atoms with van der Waals surface area (Å²) in [6.45, 7) is 8.94. The smallest absolute Gasteiger partial charge is 0.470 e. The molecule has 2 heterocycles. The Morgan fingerprint density at radius 2 is 0.881 bits per heavy atom. The first-order valence-electron chi connectivity index (χ1n) is 20.1. The van der Waals surface area contributed by atoms with E-state index in [1.807, 2.05) is 55.5 Å². The number of methoxy groups -OCH3 is 5. The molecule has 4 aromatic carbocycles. The van der Waals surface area contributed by atoms with Crippen molar-refractivity contribution in [2.75, 3.05) is 45.3 Å². The first kappa shape index (κ1) is 54.1. The molecule has 2 aromatic heterocycles. The van der Waals surface area contributed by atoms with Crippen LogP contribution >= 0.6 is 45.8 Å². The molecule has 0 bridgehead atoms. The van der Waals surface area contributed by atoms with Gasteiger partial charge in [-0.1, -0.05) is 75.6 Å². The van der Waals surface area contributed by atoms with E-state index >= 15 is 0 Å². The SMILES string of the molecule is COC(=O)C(F)(F)S(=O)(=O)F.COc1ccc(CN(Cc2ccc(OC)cc2)c2cc(C)c(C)c(Cl)n2)cc1.COc1ccc(CN(Cc2ccc(OC)cc2)c2cc(C)c(I)c(Cl)n2)cc1. The predicted molar refractivity (Wildman–Crippen MR) is 264 cm³/mol. The molecule has 358 valence electrons. The molecular weight excluding hydrogens is 1050 g/mol. The molecule has 0 unspecified atom stereocenters. The van der Waals surface area contributed by atoms with Gasteiger partial charge in [0, 0.05) is 26.2 Å². The summed E-state index contributed by atoms with van der Waals surface area (Å²) in [4.78, 5) is 23.6. The van der Waals surface area contributed by atoms with Gasteiger partial charge in [0.15, 0.2) is 0 Å². The highest BCUT2D eigenvalue weighted by molar-refractivity contribution is 14.1. The lowest BCUT2D eigenvalue weighted by Gasteiger charge is -2.25. The van der Waals surface area contributed by atoms with Crippen molar-refractivity contribution in [3.8, 4) is 23.0 Å². The maximum absolute atomic E-state index is 11.9. The number of pyridine rings is 2. The van der Waals surface area contributed by atoms with Gasteiger partial charge in [-0.3, -0.25) is 0 Å². The van der Waals surface area contributed by atoms with Gasteiger partial charge < -0.3 is 33.5 Å². The minimum absolute atomic E-state index is 0.515. The van der Waals surface area contributed by atoms with E-state index in [2.05, 4.69) is 122 Å². The second-order valence-corrected chi connectivity index (χ2v) is 17.8. The van der Waals surface area contributed by atoms with Crippen LogP contribution < -0.4 is 28.7 Å². The number of halogens is 6. The first-order valence-corrected chi connectivity index (χ1v) is 23.3. The van der Waals surface area contributed by atoms with Crippen LogP contribution in [-0.4, -0.2) is 65.2 Å². The Bertz CT molecular complexity index is 2370. The minimum Gasteiger partial charge on any atom is -0.497 e. The fraction of sp³-hybridized carbons (Fsp3) is 0.271. The summed E-state index contributed by atoms with van der Waals surface area (Å²) in [6, 6.07) is 36.5. The van der Waals surface area contributed by atoms with Gasteiger partial charge in [0.1, 0.15) is 44.9 Å². The third-order valence-corrected chi connectivity index (χ3v) is 13.2. The van der Waals surface area contributed by atoms with Gasteiger partial charge in [0.25, 0.3) is 0 Å². The van der Waals surface area contributed by atoms with Crippen molar-refractivity contribution >= 4 is 73.6 Å². The van der Waals surface area contributed by atoms with Gasteiger partial charge in [0.05, 0.1) is 39.1 Å². The Morgan fingerprint density at radius 1 is 0.582 bits per heavy atom. The van der Waals surface area contributed by atoms with Gasteiger partial charge in [-0.15, -0.1) is 0 Å². The van der Waals surface area contributed by atoms with E-state index in [-0.39, 0.29) is 0 Å². The van der Waals surface area contributed by atoms with Crippen LogP contribution in [0.1, 0.15) is 38.9 Å². The van der Waals surface area contributed by atoms with E-state index in [0.29, 0.717) is 43.6 Å². The van der Waals surface area contributed by atoms with Gasteiger partial charge in [-0.25, -0.2) is 14.8 Å². The Hall–Kier alpha value is -5.50. The lowest BCUT2D eigenvalue weighted by molar-refractivity contribution is -0.157. The highest BCUT2D eigenvalue weighted by Gasteiger charge is 2.55. The summed E-state index contributed by atoms with van der Waals surface area (Å²) in [5.41, 5.74) is 7.94. The number of alkyl halides is 2. The lowest BCUT2D eigenvalue weighted by Crippen LogP contribution is -2.36. The fourth-order valence-corrected chi connectivity index (χ4v) is 7.10. The highest BCUT2D eigenvalue weighted by atomic mass is 127. The van der Waals surface area contributed by atoms with Gasteiger partial charge in [-0.2, -0.15) is 17.2 Å². The molecule has 0 aliphatic heterocycles. The third kappa shape index (κ3) is 15.5. The van der Waals surface area contributed by atoms with E-state index in [4.69, 9.17) is 42.1 Å². The molecule has 0 amide bonds. The Balaban J connectivity index is 0.000000240. The van der Waals surface area contributed by atoms with E-state index in [0.717, 1.165) is 54.9 Å². The third-order valence-electron chi connectivity index (χ3n) is 10.1. The predicted octanol–water partition coefficient (Wildman–Crippen LogP) is 11.5. The van der Waals surface area contributed by atoms with Crippen LogP contribution in [0, 0.1) is 24.3 Å². The number of carbonyl (C=O) groups excluding carboxylic acids is 1. The van der Waals surface area contributed by atoms with Crippen molar-refractivity contribution in [2.45, 2.75) is 52.2 Å². The average Bonchev–Trinajstić information content (AvgIpc) is 3.32. The molecule has 0 N–H and O–H groups in total. The largest absolute Gasteiger partial charge is 0.497 e. The molecule has 0 aliphatic rings. The second-order valence-electron chi connectivity index (χ2n) is 14.7. The van der Waals surface area contributed by atoms with E-state index in [1.165, 1.54) is 22.3 Å². The van der Waals surface area contributed by atoms with E-state index in [9.17, 15) is 25.9 Å². The molecule has 67 heavy (non-hydrogen) atoms. The van der Waals surface area contributed by atoms with Crippen LogP contribution in [0.3, 0.4) is 0 Å². The minimum atomic E-state index is -6.22. The molecule has 0 atom stereocenters. The maximum Gasteiger partial charge on any atom is 0.470 e. The molecule has 0 fully saturated rings. The van der Waals surface area contributed by atoms with Crippen LogP contribution in [0.4, 0.5) is 24.3 Å². The Morgan fingerprint density at radius 3 is 1.12 bits per heavy atom. The van der Waals surface area contributed by atoms with Gasteiger partial charge in [-0.05, 0) is 143 Å². The first-order chi connectivity index (χ1) is 31.7. The van der Waals surface area contributed by atoms with Crippen molar-refractivity contribution in [3.05, 3.63) is 162 Å². The zero-order valence-corrected chi connectivity index (χ0v) is 42.4. The Labute approximate surface area is 413 Å². The normalized spacial score (nSPS) is 11.0. The van der Waals surface area contributed by atoms with Crippen molar-refractivity contribution in [1.82, 2.24) is 9.97 Å². The molecule has 0 radical (unpaired) electrons. The molecule has 0 saturated heterocycles. The average molecular weight is 1100 g/mol. The molecule has 0 aliphatic carbocycles. The summed E-state index contributed by atoms with van der Waals surface area (Å²) in [6.07, 6.45) is 0. The molecular formula is C48H50Cl2F3IN4O8S. The van der Waals surface area contributed by atoms with Crippen molar-refractivity contribution in [1.29, 1.82) is 0 Å². The molecule has 12 nitrogen and oxygen atoms in total. The zero-order valence-electron chi connectivity index (χ0n) is 38.0. The van der Waals surface area contributed by atoms with Crippen molar-refractivity contribution in [3.63, 3.8) is 0 Å². The number of hydrogen-bond donors (Lipinski definition) is 0. The molecule has 6 rings (SSSR count). The van der Waals surface area contributed by atoms with Crippen molar-refractivity contribution < 1.29 is 49.6 Å². The number of nitrogens with zero attached hydrogens (tertiary/aromatic N) is 4. The topological polar surface area (TPSA) is 130 Å². The summed E-state index contributed by atoms with van der Waals surface area (Å²) >= 11 is 15.0. The standard InChI is InChI=1S/C23H25ClN2O2.C22H22ClIN2O2.C3H3F3O4S/c1-16-13-22(25-23(24)17(16)2)26(14-18-5-9-20(27-3)10-6-18)15-19-7-11-21(28-4)12-8-19;1-15-12-20(25-22(23)21(15)24)26(13-16-4-8-18(27-2)9-5-16)14-17-6-10-19(28-3)11-7-17;1-10-2(7)3(4,5)11(6,8)9/h5-13H,14-15H2,1-4H3;4-12H,13-14H2,1-3H3;1H3. The van der Waals surface area contributed by atoms with Crippen LogP contribution in [0.5, 0.6) is 23.0 Å². The zero-order chi connectivity index (χ0) is 49.5. The summed E-state index contributed by atoms with van der Waals surface area (Å²) in [7, 11) is 0.983. The number of esters is 1. The monoisotopic (exact) mass is 1100 g/mol. The number of ether oxygens (including phenoxy) is 5. The number of anilines is 2. The summed E-state index contributed by atoms with van der Waals surface area (Å²) < 4.78 is 79.7. The van der Waals surface area contributed by atoms with Crippen LogP contribution in [0.25, 0.3) is 0 Å². The number of benzene rings is 4. The quantitative estimate of drug-likeness (QED) is 0.0396. The highest BCUT2D eigenvalue weighted by Crippen LogP contribution is 2.29. The number of hydrogen-bond acceptors (Lipinski definition) is 12. The van der Waals surface area contributed by atoms with Gasteiger partial charge >= 0.3 is 21.4 Å². The second kappa shape index (κ2) is 25.0. The van der Waals surface area contributed by atoms with Crippen LogP contribution in [0.2, 0.25) is 10.3 Å². The van der Waals surface area contributed by atoms with Crippen LogP contribution in [0.15, 0.2) is 109 Å². The number of carbonyl (C=O) groups is 1. The number of rotatable bonds is 16. The number of aromatic nitrogens is 2. The lowest BCUT2D eigenvalue weighted by atomic mass is 10.1. The molecule has 19 heteroatoms. The summed E-state index contributed by atoms with van der Waals surface area (Å²) in [5, 5.41) is -4.03. The van der Waals surface area contributed by atoms with Crippen LogP contribution in [-0.2, 0) is 45.9 Å². The maximum atomic E-state index is 11.9. The molecule has 6 aromatic rings. The fourth-order valence-electron chi connectivity index (χ4n) is 6.07. The Kier molecular flexibility index (Phi) is 20.2. The van der Waals surface area contributed by atoms with Crippen molar-refractivity contribution in [2.24, 2.45) is 0 Å².